The minimum atomic E-state index is -2.28. The second-order valence-electron chi connectivity index (χ2n) is 30.2. The number of halogens is 1. The molecule has 0 unspecified atom stereocenters. The number of fused-ring (bicyclic) bond motifs is 15. The zero-order valence-electron chi connectivity index (χ0n) is 61.2. The number of likely N-dealkylation sites (N-methyl/N-ethyl adjacent to an activating group) is 1. The van der Waals surface area contributed by atoms with Gasteiger partial charge >= 0.3 is 6.03 Å². The summed E-state index contributed by atoms with van der Waals surface area (Å²) in [6, 6.07) is 10.2. The number of phenolic OH excluding ortho intramolecular Hbond substituents is 2. The molecule has 10 amide bonds. The van der Waals surface area contributed by atoms with E-state index in [4.69, 9.17) is 36.3 Å². The molecule has 6 aromatic rings. The number of benzene rings is 6. The maximum absolute atomic E-state index is 16.4. The number of aromatic hydroxyl groups is 2. The Morgan fingerprint density at radius 3 is 1.94 bits per heavy atom. The Balaban J connectivity index is 0.997. The maximum Gasteiger partial charge on any atom is 0.321 e. The fourth-order valence-electron chi connectivity index (χ4n) is 16.6. The molecule has 15 bridgehead atoms. The van der Waals surface area contributed by atoms with Gasteiger partial charge in [-0.05, 0) is 200 Å². The molecule has 6 aromatic carbocycles. The minimum absolute atomic E-state index is 0.0197. The monoisotopic (exact) mass is 1550 g/mol. The van der Waals surface area contributed by atoms with E-state index in [-0.39, 0.29) is 109 Å². The average molecular weight is 1550 g/mol. The van der Waals surface area contributed by atoms with Crippen molar-refractivity contribution in [1.29, 1.82) is 0 Å². The quantitative estimate of drug-likeness (QED) is 0.0742. The van der Waals surface area contributed by atoms with Crippen molar-refractivity contribution in [1.82, 2.24) is 53.2 Å². The van der Waals surface area contributed by atoms with E-state index in [1.807, 2.05) is 13.8 Å². The van der Waals surface area contributed by atoms with Crippen LogP contribution in [0.15, 0.2) is 109 Å². The maximum atomic E-state index is 16.4. The number of rotatable bonds is 14. The molecule has 0 radical (unpaired) electrons. The number of aliphatic hydroxyl groups is 5. The summed E-state index contributed by atoms with van der Waals surface area (Å²) in [7, 11) is 1.51. The lowest BCUT2D eigenvalue weighted by molar-refractivity contribution is -0.270. The third kappa shape index (κ3) is 16.8. The molecule has 14 atom stereocenters. The second-order valence-corrected chi connectivity index (χ2v) is 30.6. The molecule has 0 spiro atoms. The highest BCUT2D eigenvalue weighted by Gasteiger charge is 2.51. The van der Waals surface area contributed by atoms with Gasteiger partial charge in [0.2, 0.25) is 59.3 Å². The number of imide groups is 1. The molecular formula is C79H90ClN11O20. The molecule has 19 N–H and O–H groups in total. The van der Waals surface area contributed by atoms with Crippen LogP contribution in [0.3, 0.4) is 0 Å². The SMILES string of the molecule is CN[C@H](CC(C)C)C(=O)N[C@H]1C(=O)N[C@@H](CC(=O)NC(=O)NCc2ccccc2)C(=O)N[C@H]2C(=O)N[C@H]3C(=O)N[C@H](C(=O)N[C@H](C(=O)NC4C5CC6CC(C5)CC4C6)c4cc(O)cc(C)c4-c4cc3ccc4O)[C@H](O)c3ccc(c(Cl)c3)Oc3cc2cc(c3O[C@@H]2O[C@H](CN)[C@@H](O)[C@H](O)[C@H]2O)Oc2ccc(cc2C)[C@H]1O. The summed E-state index contributed by atoms with van der Waals surface area (Å²) in [5.41, 5.74) is 6.36. The third-order valence-corrected chi connectivity index (χ3v) is 22.3. The van der Waals surface area contributed by atoms with Gasteiger partial charge in [0.25, 0.3) is 0 Å². The van der Waals surface area contributed by atoms with E-state index in [0.717, 1.165) is 44.2 Å². The number of carbonyl (C=O) groups is 9. The number of urea groups is 1. The summed E-state index contributed by atoms with van der Waals surface area (Å²) in [4.78, 5) is 137. The highest BCUT2D eigenvalue weighted by molar-refractivity contribution is 6.32. The minimum Gasteiger partial charge on any atom is -0.508 e. The molecule has 5 fully saturated rings. The molecule has 32 heteroatoms. The van der Waals surface area contributed by atoms with Gasteiger partial charge in [-0.2, -0.15) is 0 Å². The number of nitrogens with two attached hydrogens (primary N) is 1. The van der Waals surface area contributed by atoms with Crippen LogP contribution in [-0.4, -0.2) is 164 Å². The van der Waals surface area contributed by atoms with E-state index in [0.29, 0.717) is 17.4 Å². The number of phenols is 2. The first-order valence-corrected chi connectivity index (χ1v) is 37.3. The Bertz CT molecular complexity index is 4600. The van der Waals surface area contributed by atoms with Gasteiger partial charge in [-0.1, -0.05) is 74.0 Å². The van der Waals surface area contributed by atoms with Crippen LogP contribution >= 0.6 is 11.6 Å². The molecule has 588 valence electrons. The molecule has 6 heterocycles. The lowest BCUT2D eigenvalue weighted by atomic mass is 9.54. The van der Waals surface area contributed by atoms with Crippen LogP contribution in [0.5, 0.6) is 40.2 Å². The Kier molecular flexibility index (Phi) is 23.3. The summed E-state index contributed by atoms with van der Waals surface area (Å²) < 4.78 is 25.9. The summed E-state index contributed by atoms with van der Waals surface area (Å²) >= 11 is 7.19. The van der Waals surface area contributed by atoms with Crippen molar-refractivity contribution in [3.8, 4) is 51.4 Å². The van der Waals surface area contributed by atoms with Gasteiger partial charge < -0.3 is 108 Å². The van der Waals surface area contributed by atoms with Gasteiger partial charge in [0.1, 0.15) is 95.9 Å². The lowest BCUT2D eigenvalue weighted by Crippen LogP contribution is -2.60. The Morgan fingerprint density at radius 1 is 0.640 bits per heavy atom. The number of ether oxygens (including phenoxy) is 4. The number of nitrogens with one attached hydrogen (secondary N) is 10. The van der Waals surface area contributed by atoms with Crippen LogP contribution in [0.4, 0.5) is 4.79 Å². The van der Waals surface area contributed by atoms with Crippen molar-refractivity contribution < 1.29 is 97.8 Å². The zero-order valence-corrected chi connectivity index (χ0v) is 62.0. The normalized spacial score (nSPS) is 28.5. The summed E-state index contributed by atoms with van der Waals surface area (Å²) in [6.45, 7) is 6.29. The molecule has 4 saturated carbocycles. The fraction of sp³-hybridized carbons (Fsp3) is 0.430. The van der Waals surface area contributed by atoms with E-state index in [9.17, 15) is 50.1 Å². The number of carbonyl (C=O) groups excluding carboxylic acids is 9. The fourth-order valence-corrected chi connectivity index (χ4v) is 16.8. The molecule has 111 heavy (non-hydrogen) atoms. The van der Waals surface area contributed by atoms with Gasteiger partial charge in [-0.3, -0.25) is 43.7 Å². The zero-order chi connectivity index (χ0) is 79.1. The van der Waals surface area contributed by atoms with Crippen LogP contribution in [0, 0.1) is 43.4 Å². The number of hydrogen-bond acceptors (Lipinski definition) is 22. The predicted octanol–water partition coefficient (Wildman–Crippen LogP) is 3.49. The molecule has 0 aromatic heterocycles. The van der Waals surface area contributed by atoms with Gasteiger partial charge in [0, 0.05) is 24.7 Å². The van der Waals surface area contributed by atoms with Gasteiger partial charge in [0.05, 0.1) is 17.5 Å². The van der Waals surface area contributed by atoms with E-state index in [1.165, 1.54) is 80.7 Å². The van der Waals surface area contributed by atoms with Crippen LogP contribution in [0.25, 0.3) is 11.1 Å². The highest BCUT2D eigenvalue weighted by atomic mass is 35.5. The number of aryl methyl sites for hydroxylation is 2. The van der Waals surface area contributed by atoms with Crippen molar-refractivity contribution in [3.63, 3.8) is 0 Å². The second kappa shape index (κ2) is 32.8. The van der Waals surface area contributed by atoms with Crippen LogP contribution in [0.1, 0.15) is 134 Å². The Labute approximate surface area is 642 Å². The van der Waals surface area contributed by atoms with Crippen molar-refractivity contribution >= 4 is 64.9 Å². The molecular weight excluding hydrogens is 1460 g/mol. The van der Waals surface area contributed by atoms with Crippen LogP contribution in [0.2, 0.25) is 5.02 Å². The van der Waals surface area contributed by atoms with Gasteiger partial charge in [-0.25, -0.2) is 4.79 Å². The molecule has 16 rings (SSSR count). The van der Waals surface area contributed by atoms with Crippen molar-refractivity contribution in [2.75, 3.05) is 13.6 Å². The topological polar surface area (TPSA) is 478 Å². The standard InChI is InChI=1S/C79H90ClN11O20/c1-33(2)17-49(82-5)71(100)90-63-65(95)40-12-15-52(34(3)18-40)108-54-27-44-28-55(70(54)111-78-69(99)68(98)67(97)56(31-81)110-78)109-53-16-13-41(26-48(53)80)66(96)64-77(106)89-62(75(104)86-59-42-21-37-20-38(23-42)24-43(59)22-37)47-29-45(92)19-35(4)58(47)46-25-39(11-14-51(46)93)60(73(102)91-64)88-74(103)61(44)87-72(101)50(84-76(63)105)30-57(94)85-79(107)83-32-36-9-7-6-8-10-36/h6-16,18-19,25-29,33,37-38,42-43,49-50,56,59-69,78,82,92-93,95-99H,17,20-24,30-32,81H2,1-5H3,(H,84,105)(H,86,104)(H,87,101)(H,88,103)(H,89,106)(H,90,100)(H,91,102)(H2,83,85,94,107)/t37?,38?,42?,43?,49-,50+,56-,59?,60-,61-,62+,63-,64+,65-,66-,67-,68+,69-,78+/m1/s1. The molecule has 31 nitrogen and oxygen atoms in total. The van der Waals surface area contributed by atoms with Gasteiger partial charge in [-0.15, -0.1) is 0 Å². The smallest absolute Gasteiger partial charge is 0.321 e. The summed E-state index contributed by atoms with van der Waals surface area (Å²) in [6.07, 6.45) is -9.47. The average Bonchev–Trinajstić information content (AvgIpc) is 0.759. The summed E-state index contributed by atoms with van der Waals surface area (Å²) in [5, 5.41) is 109. The van der Waals surface area contributed by atoms with E-state index < -0.39 is 174 Å². The predicted molar refractivity (Wildman–Crippen MR) is 397 cm³/mol. The van der Waals surface area contributed by atoms with Crippen molar-refractivity contribution in [2.45, 2.75) is 170 Å². The first-order valence-electron chi connectivity index (χ1n) is 37.0. The van der Waals surface area contributed by atoms with Crippen LogP contribution < -0.4 is 73.1 Å². The van der Waals surface area contributed by atoms with E-state index in [1.54, 1.807) is 37.3 Å². The molecule has 4 aliphatic carbocycles. The first-order chi connectivity index (χ1) is 53.0. The van der Waals surface area contributed by atoms with Crippen molar-refractivity contribution in [3.05, 3.63) is 159 Å². The molecule has 1 saturated heterocycles. The molecule has 10 aliphatic rings. The number of amides is 10. The number of hydrogen-bond donors (Lipinski definition) is 18. The van der Waals surface area contributed by atoms with E-state index >= 15 is 28.8 Å². The Hall–Kier alpha value is -10.5. The van der Waals surface area contributed by atoms with Gasteiger partial charge in [0.15, 0.2) is 11.5 Å². The largest absolute Gasteiger partial charge is 0.508 e. The number of aliphatic hydroxyl groups excluding tert-OH is 5. The Morgan fingerprint density at radius 2 is 1.28 bits per heavy atom. The van der Waals surface area contributed by atoms with Crippen LogP contribution in [-0.2, 0) is 49.6 Å². The summed E-state index contributed by atoms with van der Waals surface area (Å²) in [5.74, 6) is -10.7. The third-order valence-electron chi connectivity index (χ3n) is 22.0. The van der Waals surface area contributed by atoms with E-state index in [2.05, 4.69) is 53.2 Å². The first kappa shape index (κ1) is 78.6. The highest BCUT2D eigenvalue weighted by Crippen LogP contribution is 2.55. The molecule has 6 aliphatic heterocycles. The van der Waals surface area contributed by atoms with Crippen molar-refractivity contribution in [2.24, 2.45) is 35.3 Å². The lowest BCUT2D eigenvalue weighted by Gasteiger charge is -2.54.